The van der Waals surface area contributed by atoms with Crippen LogP contribution in [0.2, 0.25) is 5.02 Å². The highest BCUT2D eigenvalue weighted by Gasteiger charge is 2.21. The minimum Gasteiger partial charge on any atom is -0.485 e. The van der Waals surface area contributed by atoms with Crippen molar-refractivity contribution in [2.24, 2.45) is 17.6 Å². The van der Waals surface area contributed by atoms with Crippen LogP contribution in [0.5, 0.6) is 11.5 Å². The van der Waals surface area contributed by atoms with Crippen molar-refractivity contribution < 1.29 is 9.47 Å². The smallest absolute Gasteiger partial charge is 0.162 e. The van der Waals surface area contributed by atoms with Gasteiger partial charge in [-0.2, -0.15) is 0 Å². The van der Waals surface area contributed by atoms with Crippen LogP contribution in [0.3, 0.4) is 0 Å². The largest absolute Gasteiger partial charge is 0.485 e. The monoisotopic (exact) mass is 618 g/mol. The van der Waals surface area contributed by atoms with Gasteiger partial charge < -0.3 is 20.5 Å². The fourth-order valence-electron chi connectivity index (χ4n) is 5.87. The standard InChI is InChI=1S/C38H39ClN4O2/c39-32-16-17-33-34(22-32)42-37(43-38(33)41-24-31-13-7-12-30(20-31)23-40)19-15-27-14-18-35(44-25-28-8-3-1-4-9-28)36(21-27)45-26-29-10-5-2-6-11-29/h1-6,8-11,14-19,21-22,30-31H,7,12-13,20,23-26,40H2,(H,41,42,43). The minimum atomic E-state index is 0.437. The Morgan fingerprint density at radius 1 is 0.778 bits per heavy atom. The van der Waals surface area contributed by atoms with Gasteiger partial charge in [0, 0.05) is 17.0 Å². The third-order valence-electron chi connectivity index (χ3n) is 8.33. The molecule has 6 rings (SSSR count). The van der Waals surface area contributed by atoms with E-state index in [9.17, 15) is 0 Å². The van der Waals surface area contributed by atoms with Crippen LogP contribution in [-0.4, -0.2) is 23.1 Å². The molecule has 1 heterocycles. The maximum Gasteiger partial charge on any atom is 0.162 e. The van der Waals surface area contributed by atoms with Crippen molar-refractivity contribution in [1.29, 1.82) is 0 Å². The number of rotatable bonds is 12. The number of aromatic nitrogens is 2. The number of nitrogens with one attached hydrogen (secondary N) is 1. The molecular formula is C38H39ClN4O2. The number of hydrogen-bond donors (Lipinski definition) is 2. The fraction of sp³-hybridized carbons (Fsp3) is 0.263. The number of anilines is 1. The summed E-state index contributed by atoms with van der Waals surface area (Å²) in [5.41, 5.74) is 9.92. The van der Waals surface area contributed by atoms with Gasteiger partial charge in [0.25, 0.3) is 0 Å². The number of hydrogen-bond acceptors (Lipinski definition) is 6. The first-order valence-corrected chi connectivity index (χ1v) is 16.1. The highest BCUT2D eigenvalue weighted by Crippen LogP contribution is 2.32. The van der Waals surface area contributed by atoms with E-state index in [2.05, 4.69) is 5.32 Å². The topological polar surface area (TPSA) is 82.3 Å². The van der Waals surface area contributed by atoms with Crippen molar-refractivity contribution in [1.82, 2.24) is 9.97 Å². The van der Waals surface area contributed by atoms with Gasteiger partial charge in [-0.25, -0.2) is 9.97 Å². The normalized spacial score (nSPS) is 16.6. The van der Waals surface area contributed by atoms with E-state index in [0.717, 1.165) is 52.9 Å². The second-order valence-corrected chi connectivity index (χ2v) is 12.1. The number of ether oxygens (including phenoxy) is 2. The molecule has 2 unspecified atom stereocenters. The molecule has 0 aliphatic heterocycles. The Labute approximate surface area is 270 Å². The van der Waals surface area contributed by atoms with Crippen molar-refractivity contribution in [3.05, 3.63) is 125 Å². The van der Waals surface area contributed by atoms with Crippen LogP contribution in [0, 0.1) is 11.8 Å². The summed E-state index contributed by atoms with van der Waals surface area (Å²) in [6.07, 6.45) is 8.76. The molecule has 230 valence electrons. The molecule has 1 aliphatic carbocycles. The summed E-state index contributed by atoms with van der Waals surface area (Å²) < 4.78 is 12.5. The Hall–Kier alpha value is -4.39. The summed E-state index contributed by atoms with van der Waals surface area (Å²) in [4.78, 5) is 9.73. The molecule has 7 heteroatoms. The average molecular weight is 619 g/mol. The van der Waals surface area contributed by atoms with Crippen LogP contribution >= 0.6 is 11.6 Å². The molecule has 3 N–H and O–H groups in total. The van der Waals surface area contributed by atoms with E-state index in [4.69, 9.17) is 36.8 Å². The van der Waals surface area contributed by atoms with Gasteiger partial charge in [-0.3, -0.25) is 0 Å². The number of nitrogens with zero attached hydrogens (tertiary/aromatic N) is 2. The van der Waals surface area contributed by atoms with Crippen molar-refractivity contribution in [3.8, 4) is 11.5 Å². The van der Waals surface area contributed by atoms with Gasteiger partial charge in [0.05, 0.1) is 5.52 Å². The van der Waals surface area contributed by atoms with E-state index in [0.29, 0.717) is 47.4 Å². The summed E-state index contributed by atoms with van der Waals surface area (Å²) in [6.45, 7) is 2.52. The molecule has 45 heavy (non-hydrogen) atoms. The highest BCUT2D eigenvalue weighted by atomic mass is 35.5. The van der Waals surface area contributed by atoms with Gasteiger partial charge in [-0.05, 0) is 90.7 Å². The zero-order chi connectivity index (χ0) is 30.8. The van der Waals surface area contributed by atoms with Gasteiger partial charge >= 0.3 is 0 Å². The molecule has 1 aromatic heterocycles. The van der Waals surface area contributed by atoms with Crippen LogP contribution in [0.25, 0.3) is 23.1 Å². The zero-order valence-corrected chi connectivity index (χ0v) is 26.1. The van der Waals surface area contributed by atoms with Gasteiger partial charge in [0.15, 0.2) is 17.3 Å². The summed E-state index contributed by atoms with van der Waals surface area (Å²) in [5.74, 6) is 3.99. The lowest BCUT2D eigenvalue weighted by atomic mass is 9.81. The lowest BCUT2D eigenvalue weighted by Gasteiger charge is -2.28. The second kappa shape index (κ2) is 15.1. The van der Waals surface area contributed by atoms with E-state index >= 15 is 0 Å². The van der Waals surface area contributed by atoms with Crippen LogP contribution in [0.1, 0.15) is 48.2 Å². The van der Waals surface area contributed by atoms with Crippen molar-refractivity contribution in [2.45, 2.75) is 38.9 Å². The fourth-order valence-corrected chi connectivity index (χ4v) is 6.04. The molecule has 6 nitrogen and oxygen atoms in total. The zero-order valence-electron chi connectivity index (χ0n) is 25.4. The first kappa shape index (κ1) is 30.6. The third-order valence-corrected chi connectivity index (χ3v) is 8.56. The summed E-state index contributed by atoms with van der Waals surface area (Å²) >= 11 is 6.36. The van der Waals surface area contributed by atoms with Crippen LogP contribution in [0.4, 0.5) is 5.82 Å². The predicted octanol–water partition coefficient (Wildman–Crippen LogP) is 8.79. The second-order valence-electron chi connectivity index (χ2n) is 11.7. The Balaban J connectivity index is 1.23. The first-order valence-electron chi connectivity index (χ1n) is 15.7. The number of nitrogens with two attached hydrogens (primary N) is 1. The number of fused-ring (bicyclic) bond motifs is 1. The summed E-state index contributed by atoms with van der Waals surface area (Å²) in [5, 5.41) is 5.23. The van der Waals surface area contributed by atoms with Crippen molar-refractivity contribution >= 4 is 40.5 Å². The molecule has 0 radical (unpaired) electrons. The van der Waals surface area contributed by atoms with E-state index in [1.165, 1.54) is 19.3 Å². The quantitative estimate of drug-likeness (QED) is 0.145. The summed E-state index contributed by atoms with van der Waals surface area (Å²) in [6, 6.07) is 32.0. The predicted molar refractivity (Wildman–Crippen MR) is 184 cm³/mol. The Bertz CT molecular complexity index is 1730. The van der Waals surface area contributed by atoms with E-state index in [1.54, 1.807) is 0 Å². The van der Waals surface area contributed by atoms with E-state index < -0.39 is 0 Å². The molecule has 4 aromatic carbocycles. The molecule has 0 bridgehead atoms. The van der Waals surface area contributed by atoms with Crippen molar-refractivity contribution in [3.63, 3.8) is 0 Å². The van der Waals surface area contributed by atoms with Gasteiger partial charge in [-0.15, -0.1) is 0 Å². The maximum atomic E-state index is 6.36. The SMILES string of the molecule is NCC1CCCC(CNc2nc(C=Cc3ccc(OCc4ccccc4)c(OCc4ccccc4)c3)nc3cc(Cl)ccc23)C1. The van der Waals surface area contributed by atoms with E-state index in [-0.39, 0.29) is 0 Å². The molecular weight excluding hydrogens is 580 g/mol. The maximum absolute atomic E-state index is 6.36. The number of benzene rings is 4. The molecule has 0 saturated heterocycles. The summed E-state index contributed by atoms with van der Waals surface area (Å²) in [7, 11) is 0. The van der Waals surface area contributed by atoms with Gasteiger partial charge in [0.1, 0.15) is 19.0 Å². The highest BCUT2D eigenvalue weighted by molar-refractivity contribution is 6.31. The van der Waals surface area contributed by atoms with Gasteiger partial charge in [-0.1, -0.05) is 90.8 Å². The molecule has 1 aliphatic rings. The van der Waals surface area contributed by atoms with Crippen LogP contribution in [-0.2, 0) is 13.2 Å². The third kappa shape index (κ3) is 8.41. The Morgan fingerprint density at radius 2 is 1.49 bits per heavy atom. The molecule has 1 fully saturated rings. The molecule has 0 amide bonds. The number of halogens is 1. The van der Waals surface area contributed by atoms with Crippen LogP contribution in [0.15, 0.2) is 97.1 Å². The molecule has 2 atom stereocenters. The molecule has 5 aromatic rings. The molecule has 0 spiro atoms. The van der Waals surface area contributed by atoms with Gasteiger partial charge in [0.2, 0.25) is 0 Å². The lowest BCUT2D eigenvalue weighted by molar-refractivity contribution is 0.256. The minimum absolute atomic E-state index is 0.437. The van der Waals surface area contributed by atoms with Crippen LogP contribution < -0.4 is 20.5 Å². The Kier molecular flexibility index (Phi) is 10.3. The van der Waals surface area contributed by atoms with Crippen molar-refractivity contribution in [2.75, 3.05) is 18.4 Å². The Morgan fingerprint density at radius 3 is 2.22 bits per heavy atom. The van der Waals surface area contributed by atoms with E-state index in [1.807, 2.05) is 109 Å². The molecule has 1 saturated carbocycles. The average Bonchev–Trinajstić information content (AvgIpc) is 3.09. The first-order chi connectivity index (χ1) is 22.1. The lowest BCUT2D eigenvalue weighted by Crippen LogP contribution is -2.26.